The Morgan fingerprint density at radius 2 is 2.25 bits per heavy atom. The number of carbonyl (C=O) groups excluding carboxylic acids is 1. The molecule has 94 valence electrons. The molecule has 1 aliphatic heterocycles. The number of piperidine rings is 1. The van der Waals surface area contributed by atoms with Gasteiger partial charge in [-0.05, 0) is 31.6 Å². The van der Waals surface area contributed by atoms with E-state index >= 15 is 0 Å². The molecule has 0 spiro atoms. The van der Waals surface area contributed by atoms with Crippen molar-refractivity contribution < 1.29 is 9.90 Å². The summed E-state index contributed by atoms with van der Waals surface area (Å²) in [5, 5.41) is 11.9. The molecular formula is C12H24N2O2. The van der Waals surface area contributed by atoms with Gasteiger partial charge in [-0.25, -0.2) is 4.79 Å². The molecule has 4 nitrogen and oxygen atoms in total. The zero-order chi connectivity index (χ0) is 12.0. The summed E-state index contributed by atoms with van der Waals surface area (Å²) in [5.41, 5.74) is 0. The number of likely N-dealkylation sites (tertiary alicyclic amines) is 1. The zero-order valence-corrected chi connectivity index (χ0v) is 10.4. The van der Waals surface area contributed by atoms with Crippen molar-refractivity contribution in [3.63, 3.8) is 0 Å². The standard InChI is InChI=1S/C12H24N2O2/c1-10(2)9-13-12(16)14-7-4-3-5-11(14)6-8-15/h10-11,15H,3-9H2,1-2H3,(H,13,16). The summed E-state index contributed by atoms with van der Waals surface area (Å²) in [7, 11) is 0. The highest BCUT2D eigenvalue weighted by Gasteiger charge is 2.25. The number of nitrogens with zero attached hydrogens (tertiary/aromatic N) is 1. The minimum atomic E-state index is 0.0341. The first-order valence-corrected chi connectivity index (χ1v) is 6.30. The Bertz CT molecular complexity index is 217. The number of aliphatic hydroxyl groups is 1. The molecule has 2 N–H and O–H groups in total. The molecule has 0 bridgehead atoms. The van der Waals surface area contributed by atoms with Gasteiger partial charge >= 0.3 is 6.03 Å². The minimum Gasteiger partial charge on any atom is -0.396 e. The van der Waals surface area contributed by atoms with Gasteiger partial charge in [0.05, 0.1) is 0 Å². The highest BCUT2D eigenvalue weighted by molar-refractivity contribution is 5.74. The lowest BCUT2D eigenvalue weighted by molar-refractivity contribution is 0.131. The van der Waals surface area contributed by atoms with Crippen LogP contribution in [0.4, 0.5) is 4.79 Å². The van der Waals surface area contributed by atoms with Crippen LogP contribution in [0.1, 0.15) is 39.5 Å². The van der Waals surface area contributed by atoms with Gasteiger partial charge in [-0.3, -0.25) is 0 Å². The molecule has 2 amide bonds. The average molecular weight is 228 g/mol. The molecule has 4 heteroatoms. The maximum Gasteiger partial charge on any atom is 0.317 e. The molecule has 0 aliphatic carbocycles. The van der Waals surface area contributed by atoms with Gasteiger partial charge in [0.1, 0.15) is 0 Å². The van der Waals surface area contributed by atoms with E-state index in [2.05, 4.69) is 19.2 Å². The lowest BCUT2D eigenvalue weighted by Gasteiger charge is -2.35. The van der Waals surface area contributed by atoms with Crippen LogP contribution in [0.5, 0.6) is 0 Å². The van der Waals surface area contributed by atoms with E-state index in [0.717, 1.165) is 25.9 Å². The fourth-order valence-corrected chi connectivity index (χ4v) is 2.11. The first-order valence-electron chi connectivity index (χ1n) is 6.30. The maximum absolute atomic E-state index is 11.9. The number of urea groups is 1. The number of carbonyl (C=O) groups is 1. The molecule has 1 heterocycles. The van der Waals surface area contributed by atoms with Crippen molar-refractivity contribution in [1.29, 1.82) is 0 Å². The molecular weight excluding hydrogens is 204 g/mol. The van der Waals surface area contributed by atoms with E-state index in [-0.39, 0.29) is 18.7 Å². The number of amides is 2. The summed E-state index contributed by atoms with van der Waals surface area (Å²) >= 11 is 0. The van der Waals surface area contributed by atoms with Crippen LogP contribution >= 0.6 is 0 Å². The van der Waals surface area contributed by atoms with E-state index in [9.17, 15) is 4.79 Å². The Kier molecular flexibility index (Phi) is 5.60. The van der Waals surface area contributed by atoms with Crippen molar-refractivity contribution in [1.82, 2.24) is 10.2 Å². The third-order valence-corrected chi connectivity index (χ3v) is 3.01. The fourth-order valence-electron chi connectivity index (χ4n) is 2.11. The molecule has 0 aromatic carbocycles. The smallest absolute Gasteiger partial charge is 0.317 e. The Morgan fingerprint density at radius 1 is 1.50 bits per heavy atom. The zero-order valence-electron chi connectivity index (χ0n) is 10.4. The van der Waals surface area contributed by atoms with Gasteiger partial charge in [-0.2, -0.15) is 0 Å². The number of hydrogen-bond acceptors (Lipinski definition) is 2. The molecule has 16 heavy (non-hydrogen) atoms. The third-order valence-electron chi connectivity index (χ3n) is 3.01. The van der Waals surface area contributed by atoms with Crippen LogP contribution < -0.4 is 5.32 Å². The molecule has 1 saturated heterocycles. The van der Waals surface area contributed by atoms with E-state index < -0.39 is 0 Å². The second-order valence-corrected chi connectivity index (χ2v) is 4.94. The van der Waals surface area contributed by atoms with E-state index in [1.807, 2.05) is 4.90 Å². The van der Waals surface area contributed by atoms with Gasteiger partial charge in [-0.1, -0.05) is 13.8 Å². The Labute approximate surface area is 98.0 Å². The van der Waals surface area contributed by atoms with Crippen LogP contribution in [0.3, 0.4) is 0 Å². The molecule has 1 atom stereocenters. The predicted octanol–water partition coefficient (Wildman–Crippen LogP) is 1.59. The first-order chi connectivity index (χ1) is 7.65. The molecule has 1 aliphatic rings. The van der Waals surface area contributed by atoms with Crippen molar-refractivity contribution in [2.24, 2.45) is 5.92 Å². The second kappa shape index (κ2) is 6.74. The normalized spacial score (nSPS) is 21.2. The predicted molar refractivity (Wildman–Crippen MR) is 64.3 cm³/mol. The Hall–Kier alpha value is -0.770. The van der Waals surface area contributed by atoms with Crippen molar-refractivity contribution in [3.05, 3.63) is 0 Å². The summed E-state index contributed by atoms with van der Waals surface area (Å²) in [6, 6.07) is 0.262. The molecule has 0 aromatic heterocycles. The van der Waals surface area contributed by atoms with Crippen molar-refractivity contribution >= 4 is 6.03 Å². The maximum atomic E-state index is 11.9. The largest absolute Gasteiger partial charge is 0.396 e. The molecule has 0 radical (unpaired) electrons. The van der Waals surface area contributed by atoms with Gasteiger partial charge in [0.15, 0.2) is 0 Å². The van der Waals surface area contributed by atoms with Gasteiger partial charge in [0.2, 0.25) is 0 Å². The van der Waals surface area contributed by atoms with E-state index in [1.54, 1.807) is 0 Å². The minimum absolute atomic E-state index is 0.0341. The first kappa shape index (κ1) is 13.3. The summed E-state index contributed by atoms with van der Waals surface area (Å²) in [4.78, 5) is 13.8. The van der Waals surface area contributed by atoms with Gasteiger partial charge in [0.25, 0.3) is 0 Å². The average Bonchev–Trinajstić information content (AvgIpc) is 2.27. The molecule has 1 rings (SSSR count). The molecule has 1 unspecified atom stereocenters. The molecule has 0 saturated carbocycles. The molecule has 0 aromatic rings. The van der Waals surface area contributed by atoms with Crippen LogP contribution in [0.2, 0.25) is 0 Å². The van der Waals surface area contributed by atoms with Gasteiger partial charge in [0, 0.05) is 25.7 Å². The second-order valence-electron chi connectivity index (χ2n) is 4.94. The quantitative estimate of drug-likeness (QED) is 0.767. The summed E-state index contributed by atoms with van der Waals surface area (Å²) in [5.74, 6) is 0.477. The number of nitrogens with one attached hydrogen (secondary N) is 1. The van der Waals surface area contributed by atoms with Crippen LogP contribution in [0, 0.1) is 5.92 Å². The topological polar surface area (TPSA) is 52.6 Å². The Balaban J connectivity index is 2.43. The Morgan fingerprint density at radius 3 is 2.88 bits per heavy atom. The van der Waals surface area contributed by atoms with E-state index in [4.69, 9.17) is 5.11 Å². The fraction of sp³-hybridized carbons (Fsp3) is 0.917. The number of aliphatic hydroxyl groups excluding tert-OH is 1. The van der Waals surface area contributed by atoms with Crippen molar-refractivity contribution in [2.75, 3.05) is 19.7 Å². The monoisotopic (exact) mass is 228 g/mol. The van der Waals surface area contributed by atoms with Crippen molar-refractivity contribution in [2.45, 2.75) is 45.6 Å². The lowest BCUT2D eigenvalue weighted by Crippen LogP contribution is -2.49. The summed E-state index contributed by atoms with van der Waals surface area (Å²) < 4.78 is 0. The highest BCUT2D eigenvalue weighted by atomic mass is 16.3. The van der Waals surface area contributed by atoms with E-state index in [1.165, 1.54) is 6.42 Å². The van der Waals surface area contributed by atoms with E-state index in [0.29, 0.717) is 12.3 Å². The number of hydrogen-bond donors (Lipinski definition) is 2. The third kappa shape index (κ3) is 4.00. The van der Waals surface area contributed by atoms with Crippen LogP contribution in [-0.2, 0) is 0 Å². The van der Waals surface area contributed by atoms with Gasteiger partial charge < -0.3 is 15.3 Å². The SMILES string of the molecule is CC(C)CNC(=O)N1CCCCC1CCO. The van der Waals surface area contributed by atoms with Crippen molar-refractivity contribution in [3.8, 4) is 0 Å². The van der Waals surface area contributed by atoms with Crippen LogP contribution in [0.25, 0.3) is 0 Å². The van der Waals surface area contributed by atoms with Crippen LogP contribution in [0.15, 0.2) is 0 Å². The van der Waals surface area contributed by atoms with Crippen LogP contribution in [-0.4, -0.2) is 41.8 Å². The number of rotatable bonds is 4. The van der Waals surface area contributed by atoms with Gasteiger partial charge in [-0.15, -0.1) is 0 Å². The molecule has 1 fully saturated rings. The highest BCUT2D eigenvalue weighted by Crippen LogP contribution is 2.19. The summed E-state index contributed by atoms with van der Waals surface area (Å²) in [6.07, 6.45) is 3.97. The lowest BCUT2D eigenvalue weighted by atomic mass is 10.0. The summed E-state index contributed by atoms with van der Waals surface area (Å²) in [6.45, 7) is 5.89.